The average molecular weight is 511 g/mol. The van der Waals surface area contributed by atoms with Crippen LogP contribution < -0.4 is 14.8 Å². The molecule has 2 aromatic heterocycles. The number of hydrogen-bond acceptors (Lipinski definition) is 7. The molecule has 1 unspecified atom stereocenters. The average Bonchev–Trinajstić information content (AvgIpc) is 3.45. The molecule has 0 saturated carbocycles. The van der Waals surface area contributed by atoms with Crippen LogP contribution in [0, 0.1) is 0 Å². The second-order valence-electron chi connectivity index (χ2n) is 8.95. The lowest BCUT2D eigenvalue weighted by Gasteiger charge is -2.15. The van der Waals surface area contributed by atoms with E-state index in [1.807, 2.05) is 36.4 Å². The van der Waals surface area contributed by atoms with Gasteiger partial charge in [0.05, 0.1) is 17.5 Å². The predicted octanol–water partition coefficient (Wildman–Crippen LogP) is 3.91. The van der Waals surface area contributed by atoms with Crippen LogP contribution in [0.4, 0.5) is 0 Å². The zero-order valence-electron chi connectivity index (χ0n) is 19.0. The molecule has 2 aliphatic rings. The molecule has 180 valence electrons. The van der Waals surface area contributed by atoms with E-state index in [2.05, 4.69) is 20.2 Å². The molecular formula is C25H23ClN4O4S. The van der Waals surface area contributed by atoms with E-state index < -0.39 is 10.0 Å². The summed E-state index contributed by atoms with van der Waals surface area (Å²) in [6.45, 7) is 1.82. The van der Waals surface area contributed by atoms with Crippen LogP contribution in [0.5, 0.6) is 5.75 Å². The Bertz CT molecular complexity index is 1570. The summed E-state index contributed by atoms with van der Waals surface area (Å²) in [7, 11) is -3.29. The number of rotatable bonds is 5. The normalized spacial score (nSPS) is 17.3. The maximum absolute atomic E-state index is 11.5. The molecule has 1 atom stereocenters. The smallest absolute Gasteiger partial charge is 0.209 e. The summed E-state index contributed by atoms with van der Waals surface area (Å²) in [6.07, 6.45) is 4.11. The highest BCUT2D eigenvalue weighted by Crippen LogP contribution is 2.47. The first-order chi connectivity index (χ1) is 16.9. The second kappa shape index (κ2) is 8.60. The van der Waals surface area contributed by atoms with Gasteiger partial charge in [0.25, 0.3) is 0 Å². The highest BCUT2D eigenvalue weighted by molar-refractivity contribution is 7.88. The Morgan fingerprint density at radius 1 is 1.20 bits per heavy atom. The summed E-state index contributed by atoms with van der Waals surface area (Å²) in [5, 5.41) is 9.20. The lowest BCUT2D eigenvalue weighted by molar-refractivity contribution is 0.189. The van der Waals surface area contributed by atoms with Crippen molar-refractivity contribution in [1.29, 1.82) is 0 Å². The van der Waals surface area contributed by atoms with Crippen molar-refractivity contribution in [2.45, 2.75) is 32.0 Å². The predicted molar refractivity (Wildman–Crippen MR) is 133 cm³/mol. The largest absolute Gasteiger partial charge is 0.481 e. The Morgan fingerprint density at radius 2 is 2.09 bits per heavy atom. The van der Waals surface area contributed by atoms with E-state index in [4.69, 9.17) is 20.9 Å². The van der Waals surface area contributed by atoms with E-state index in [-0.39, 0.29) is 12.6 Å². The van der Waals surface area contributed by atoms with E-state index in [1.165, 1.54) is 0 Å². The highest BCUT2D eigenvalue weighted by atomic mass is 35.5. The molecule has 2 aromatic carbocycles. The first kappa shape index (κ1) is 22.5. The summed E-state index contributed by atoms with van der Waals surface area (Å²) in [4.78, 5) is 4.51. The summed E-state index contributed by atoms with van der Waals surface area (Å²) in [5.74, 6) is 1.55. The number of pyridine rings is 1. The Balaban J connectivity index is 1.38. The standard InChI is InChI=1S/C25H23ClN4O4S/c1-35(31,32)29-12-14-2-3-18-17(4-7-28-22(18)8-14)19-11-16(26)9-15-10-23(33-24(15)19)25-20-13-27-6-5-21(20)30-34-25/h2-4,7-9,11,23,27,29H,5-6,10,12-13H2,1H3. The Morgan fingerprint density at radius 3 is 2.94 bits per heavy atom. The van der Waals surface area contributed by atoms with Gasteiger partial charge in [0.2, 0.25) is 10.0 Å². The van der Waals surface area contributed by atoms with Crippen LogP contribution in [-0.2, 0) is 36.0 Å². The molecule has 0 amide bonds. The molecule has 35 heavy (non-hydrogen) atoms. The lowest BCUT2D eigenvalue weighted by Crippen LogP contribution is -2.24. The molecule has 0 radical (unpaired) electrons. The number of nitrogens with one attached hydrogen (secondary N) is 2. The number of halogens is 1. The number of aromatic nitrogens is 2. The molecule has 2 N–H and O–H groups in total. The number of nitrogens with zero attached hydrogens (tertiary/aromatic N) is 2. The van der Waals surface area contributed by atoms with Crippen molar-refractivity contribution in [2.24, 2.45) is 0 Å². The molecule has 4 aromatic rings. The van der Waals surface area contributed by atoms with E-state index in [1.54, 1.807) is 6.20 Å². The molecule has 10 heteroatoms. The lowest BCUT2D eigenvalue weighted by atomic mass is 9.96. The molecule has 0 spiro atoms. The number of ether oxygens (including phenoxy) is 1. The van der Waals surface area contributed by atoms with Gasteiger partial charge in [0.1, 0.15) is 5.75 Å². The topological polar surface area (TPSA) is 106 Å². The Labute approximate surface area is 207 Å². The van der Waals surface area contributed by atoms with Crippen LogP contribution in [0.3, 0.4) is 0 Å². The van der Waals surface area contributed by atoms with Crippen molar-refractivity contribution in [3.05, 3.63) is 75.8 Å². The molecule has 0 saturated heterocycles. The summed E-state index contributed by atoms with van der Waals surface area (Å²) in [6, 6.07) is 11.5. The minimum Gasteiger partial charge on any atom is -0.481 e. The van der Waals surface area contributed by atoms with Crippen LogP contribution in [0.25, 0.3) is 22.0 Å². The molecule has 2 aliphatic heterocycles. The van der Waals surface area contributed by atoms with Gasteiger partial charge in [0, 0.05) is 65.8 Å². The summed E-state index contributed by atoms with van der Waals surface area (Å²) in [5.41, 5.74) is 6.52. The van der Waals surface area contributed by atoms with Gasteiger partial charge < -0.3 is 14.6 Å². The van der Waals surface area contributed by atoms with Crippen LogP contribution in [0.1, 0.15) is 34.2 Å². The Kier molecular flexibility index (Phi) is 5.52. The zero-order valence-corrected chi connectivity index (χ0v) is 20.5. The van der Waals surface area contributed by atoms with Crippen molar-refractivity contribution < 1.29 is 17.7 Å². The number of fused-ring (bicyclic) bond motifs is 3. The van der Waals surface area contributed by atoms with E-state index in [0.717, 1.165) is 81.7 Å². The van der Waals surface area contributed by atoms with Crippen molar-refractivity contribution in [1.82, 2.24) is 20.2 Å². The summed E-state index contributed by atoms with van der Waals surface area (Å²) >= 11 is 6.54. The third-order valence-electron chi connectivity index (χ3n) is 6.46. The minimum absolute atomic E-state index is 0.203. The van der Waals surface area contributed by atoms with Gasteiger partial charge >= 0.3 is 0 Å². The first-order valence-electron chi connectivity index (χ1n) is 11.4. The molecule has 0 fully saturated rings. The first-order valence-corrected chi connectivity index (χ1v) is 13.6. The monoisotopic (exact) mass is 510 g/mol. The molecule has 0 bridgehead atoms. The van der Waals surface area contributed by atoms with Gasteiger partial charge in [0.15, 0.2) is 11.9 Å². The molecule has 8 nitrogen and oxygen atoms in total. The molecule has 6 rings (SSSR count). The third-order valence-corrected chi connectivity index (χ3v) is 7.35. The van der Waals surface area contributed by atoms with Gasteiger partial charge in [-0.25, -0.2) is 13.1 Å². The summed E-state index contributed by atoms with van der Waals surface area (Å²) < 4.78 is 37.7. The highest BCUT2D eigenvalue weighted by Gasteiger charge is 2.34. The van der Waals surface area contributed by atoms with E-state index in [9.17, 15) is 8.42 Å². The van der Waals surface area contributed by atoms with Gasteiger partial charge in [-0.15, -0.1) is 0 Å². The van der Waals surface area contributed by atoms with Crippen molar-refractivity contribution in [2.75, 3.05) is 12.8 Å². The maximum atomic E-state index is 11.5. The van der Waals surface area contributed by atoms with Crippen LogP contribution in [0.15, 0.2) is 47.1 Å². The zero-order chi connectivity index (χ0) is 24.2. The SMILES string of the molecule is CS(=O)(=O)NCc1ccc2c(-c3cc(Cl)cc4c3OC(c3onc5c3CNCC5)C4)ccnc2c1. The third kappa shape index (κ3) is 4.29. The minimum atomic E-state index is -3.29. The van der Waals surface area contributed by atoms with Gasteiger partial charge in [-0.05, 0) is 35.4 Å². The second-order valence-corrected chi connectivity index (χ2v) is 11.2. The van der Waals surface area contributed by atoms with Gasteiger partial charge in [-0.1, -0.05) is 28.9 Å². The quantitative estimate of drug-likeness (QED) is 0.419. The van der Waals surface area contributed by atoms with Gasteiger partial charge in [-0.2, -0.15) is 0 Å². The number of hydrogen-bond donors (Lipinski definition) is 2. The van der Waals surface area contributed by atoms with Crippen molar-refractivity contribution in [3.8, 4) is 16.9 Å². The maximum Gasteiger partial charge on any atom is 0.209 e. The fourth-order valence-electron chi connectivity index (χ4n) is 4.84. The molecular weight excluding hydrogens is 488 g/mol. The Hall–Kier alpha value is -2.98. The number of benzene rings is 2. The van der Waals surface area contributed by atoms with E-state index >= 15 is 0 Å². The van der Waals surface area contributed by atoms with Crippen LogP contribution >= 0.6 is 11.6 Å². The van der Waals surface area contributed by atoms with Crippen molar-refractivity contribution >= 4 is 32.5 Å². The van der Waals surface area contributed by atoms with Crippen LogP contribution in [0.2, 0.25) is 5.02 Å². The van der Waals surface area contributed by atoms with Gasteiger partial charge in [-0.3, -0.25) is 4.98 Å². The number of sulfonamides is 1. The fourth-order valence-corrected chi connectivity index (χ4v) is 5.51. The molecule has 0 aliphatic carbocycles. The van der Waals surface area contributed by atoms with Crippen molar-refractivity contribution in [3.63, 3.8) is 0 Å². The fraction of sp³-hybridized carbons (Fsp3) is 0.280. The van der Waals surface area contributed by atoms with Crippen LogP contribution in [-0.4, -0.2) is 31.4 Å². The molecule has 4 heterocycles. The van der Waals surface area contributed by atoms with E-state index in [0.29, 0.717) is 11.4 Å².